The molecule has 0 saturated heterocycles. The maximum atomic E-state index is 6.87. The van der Waals surface area contributed by atoms with Crippen LogP contribution in [0.1, 0.15) is 68.7 Å². The predicted molar refractivity (Wildman–Crippen MR) is 96.4 cm³/mol. The minimum absolute atomic E-state index is 0.143. The van der Waals surface area contributed by atoms with Gasteiger partial charge in [0.2, 0.25) is 0 Å². The smallest absolute Gasteiger partial charge is 0.195 e. The van der Waals surface area contributed by atoms with Crippen molar-refractivity contribution in [3.63, 3.8) is 0 Å². The van der Waals surface area contributed by atoms with Gasteiger partial charge in [0.15, 0.2) is 8.32 Å². The summed E-state index contributed by atoms with van der Waals surface area (Å²) < 4.78 is 12.6. The summed E-state index contributed by atoms with van der Waals surface area (Å²) in [5.74, 6) is 0.523. The second kappa shape index (κ2) is 8.12. The Hall–Kier alpha value is 0.137. The van der Waals surface area contributed by atoms with Gasteiger partial charge in [0, 0.05) is 7.11 Å². The summed E-state index contributed by atoms with van der Waals surface area (Å²) in [4.78, 5) is 0. The Labute approximate surface area is 135 Å². The molecule has 0 bridgehead atoms. The molecule has 0 aliphatic heterocycles. The fraction of sp³-hybridized carbons (Fsp3) is 1.00. The van der Waals surface area contributed by atoms with Crippen molar-refractivity contribution >= 4 is 8.32 Å². The van der Waals surface area contributed by atoms with E-state index in [1.165, 1.54) is 0 Å². The monoisotopic (exact) mass is 316 g/mol. The minimum Gasteiger partial charge on any atom is -0.413 e. The van der Waals surface area contributed by atoms with Crippen LogP contribution in [0.4, 0.5) is 0 Å². The SMILES string of the molecule is COC(CC(O[Si](C)(C(C)C)C(C)C)C(C)(C)C)C(C)C. The molecule has 128 valence electrons. The molecule has 21 heavy (non-hydrogen) atoms. The number of hydrogen-bond acceptors (Lipinski definition) is 2. The molecule has 0 aliphatic rings. The third kappa shape index (κ3) is 6.03. The van der Waals surface area contributed by atoms with Crippen LogP contribution in [0.2, 0.25) is 17.6 Å². The molecule has 2 unspecified atom stereocenters. The van der Waals surface area contributed by atoms with E-state index in [1.54, 1.807) is 0 Å². The zero-order valence-electron chi connectivity index (χ0n) is 16.4. The zero-order valence-corrected chi connectivity index (χ0v) is 17.4. The number of methoxy groups -OCH3 is 1. The summed E-state index contributed by atoms with van der Waals surface area (Å²) in [6, 6.07) is 0. The van der Waals surface area contributed by atoms with Gasteiger partial charge in [-0.05, 0) is 35.4 Å². The van der Waals surface area contributed by atoms with E-state index in [9.17, 15) is 0 Å². The molecule has 0 radical (unpaired) electrons. The first-order valence-electron chi connectivity index (χ1n) is 8.56. The highest BCUT2D eigenvalue weighted by atomic mass is 28.4. The molecule has 0 aliphatic carbocycles. The molecule has 0 amide bonds. The van der Waals surface area contributed by atoms with E-state index in [0.29, 0.717) is 17.0 Å². The van der Waals surface area contributed by atoms with Crippen LogP contribution in [0, 0.1) is 11.3 Å². The molecule has 0 aromatic carbocycles. The molecule has 0 heterocycles. The summed E-state index contributed by atoms with van der Waals surface area (Å²) >= 11 is 0. The van der Waals surface area contributed by atoms with Crippen molar-refractivity contribution in [3.8, 4) is 0 Å². The van der Waals surface area contributed by atoms with Crippen LogP contribution in [0.5, 0.6) is 0 Å². The Bertz CT molecular complexity index is 284. The van der Waals surface area contributed by atoms with E-state index in [2.05, 4.69) is 68.9 Å². The van der Waals surface area contributed by atoms with E-state index in [4.69, 9.17) is 9.16 Å². The van der Waals surface area contributed by atoms with Gasteiger partial charge in [0.25, 0.3) is 0 Å². The normalized spacial score (nSPS) is 16.9. The van der Waals surface area contributed by atoms with Crippen molar-refractivity contribution in [3.05, 3.63) is 0 Å². The summed E-state index contributed by atoms with van der Waals surface area (Å²) in [5.41, 5.74) is 1.40. The highest BCUT2D eigenvalue weighted by molar-refractivity contribution is 6.75. The third-order valence-corrected chi connectivity index (χ3v) is 10.5. The number of rotatable bonds is 8. The van der Waals surface area contributed by atoms with Gasteiger partial charge in [0.05, 0.1) is 12.2 Å². The van der Waals surface area contributed by atoms with Gasteiger partial charge in [0.1, 0.15) is 0 Å². The molecule has 2 nitrogen and oxygen atoms in total. The lowest BCUT2D eigenvalue weighted by Gasteiger charge is -2.44. The van der Waals surface area contributed by atoms with Crippen LogP contribution >= 0.6 is 0 Å². The van der Waals surface area contributed by atoms with Crippen LogP contribution in [-0.4, -0.2) is 27.6 Å². The number of hydrogen-bond donors (Lipinski definition) is 0. The van der Waals surface area contributed by atoms with Crippen molar-refractivity contribution in [1.82, 2.24) is 0 Å². The van der Waals surface area contributed by atoms with Crippen molar-refractivity contribution in [2.45, 2.75) is 98.6 Å². The maximum absolute atomic E-state index is 6.87. The largest absolute Gasteiger partial charge is 0.413 e. The van der Waals surface area contributed by atoms with Gasteiger partial charge in [-0.25, -0.2) is 0 Å². The van der Waals surface area contributed by atoms with E-state index in [1.807, 2.05) is 7.11 Å². The van der Waals surface area contributed by atoms with Gasteiger partial charge >= 0.3 is 0 Å². The van der Waals surface area contributed by atoms with E-state index >= 15 is 0 Å². The molecule has 0 aromatic rings. The van der Waals surface area contributed by atoms with Crippen molar-refractivity contribution in [1.29, 1.82) is 0 Å². The number of ether oxygens (including phenoxy) is 1. The van der Waals surface area contributed by atoms with Crippen molar-refractivity contribution in [2.24, 2.45) is 11.3 Å². The van der Waals surface area contributed by atoms with Crippen LogP contribution in [0.3, 0.4) is 0 Å². The molecular weight excluding hydrogens is 276 g/mol. The van der Waals surface area contributed by atoms with Gasteiger partial charge in [-0.15, -0.1) is 0 Å². The first-order valence-corrected chi connectivity index (χ1v) is 11.1. The Kier molecular flexibility index (Phi) is 8.17. The van der Waals surface area contributed by atoms with Gasteiger partial charge in [-0.2, -0.15) is 0 Å². The fourth-order valence-electron chi connectivity index (χ4n) is 2.68. The molecule has 3 heteroatoms. The third-order valence-electron chi connectivity index (χ3n) is 5.15. The lowest BCUT2D eigenvalue weighted by Crippen LogP contribution is -2.49. The van der Waals surface area contributed by atoms with Gasteiger partial charge in [-0.1, -0.05) is 62.3 Å². The Morgan fingerprint density at radius 3 is 1.57 bits per heavy atom. The molecule has 0 spiro atoms. The predicted octanol–water partition coefficient (Wildman–Crippen LogP) is 5.87. The summed E-state index contributed by atoms with van der Waals surface area (Å²) in [5, 5.41) is 0. The molecular formula is C18H40O2Si. The zero-order chi connectivity index (χ0) is 17.0. The van der Waals surface area contributed by atoms with Crippen LogP contribution in [0.25, 0.3) is 0 Å². The average molecular weight is 317 g/mol. The summed E-state index contributed by atoms with van der Waals surface area (Å²) in [7, 11) is 0.0784. The summed E-state index contributed by atoms with van der Waals surface area (Å²) in [6.07, 6.45) is 1.51. The average Bonchev–Trinajstić information content (AvgIpc) is 2.31. The Morgan fingerprint density at radius 1 is 0.905 bits per heavy atom. The van der Waals surface area contributed by atoms with Crippen LogP contribution in [0.15, 0.2) is 0 Å². The second-order valence-corrected chi connectivity index (χ2v) is 13.6. The molecule has 0 aromatic heterocycles. The Morgan fingerprint density at radius 2 is 1.33 bits per heavy atom. The highest BCUT2D eigenvalue weighted by Gasteiger charge is 2.42. The standard InChI is InChI=1S/C18H40O2Si/c1-13(2)16(19-10)12-17(18(7,8)9)20-21(11,14(3)4)15(5)6/h13-17H,12H2,1-11H3. The topological polar surface area (TPSA) is 18.5 Å². The maximum Gasteiger partial charge on any atom is 0.195 e. The van der Waals surface area contributed by atoms with E-state index < -0.39 is 8.32 Å². The second-order valence-electron chi connectivity index (χ2n) is 8.72. The molecule has 0 N–H and O–H groups in total. The minimum atomic E-state index is -1.75. The van der Waals surface area contributed by atoms with Crippen LogP contribution in [-0.2, 0) is 9.16 Å². The van der Waals surface area contributed by atoms with Crippen molar-refractivity contribution < 1.29 is 9.16 Å². The van der Waals surface area contributed by atoms with Crippen molar-refractivity contribution in [2.75, 3.05) is 7.11 Å². The molecule has 2 atom stereocenters. The lowest BCUT2D eigenvalue weighted by atomic mass is 9.84. The summed E-state index contributed by atoms with van der Waals surface area (Å²) in [6.45, 7) is 23.0. The Balaban J connectivity index is 5.27. The molecule has 0 rings (SSSR count). The molecule has 0 saturated carbocycles. The van der Waals surface area contributed by atoms with Gasteiger partial charge < -0.3 is 9.16 Å². The highest BCUT2D eigenvalue weighted by Crippen LogP contribution is 2.39. The van der Waals surface area contributed by atoms with Crippen LogP contribution < -0.4 is 0 Å². The fourth-order valence-corrected chi connectivity index (χ4v) is 5.62. The van der Waals surface area contributed by atoms with E-state index in [-0.39, 0.29) is 17.6 Å². The van der Waals surface area contributed by atoms with Gasteiger partial charge in [-0.3, -0.25) is 0 Å². The first kappa shape index (κ1) is 21.1. The van der Waals surface area contributed by atoms with E-state index in [0.717, 1.165) is 6.42 Å². The first-order chi connectivity index (χ1) is 9.36. The molecule has 0 fully saturated rings. The lowest BCUT2D eigenvalue weighted by molar-refractivity contribution is -0.0139. The quantitative estimate of drug-likeness (QED) is 0.521.